The number of esters is 1. The van der Waals surface area contributed by atoms with Gasteiger partial charge in [0.15, 0.2) is 0 Å². The molecule has 0 amide bonds. The first kappa shape index (κ1) is 11.8. The fourth-order valence-corrected chi connectivity index (χ4v) is 0.638. The van der Waals surface area contributed by atoms with Gasteiger partial charge in [0.1, 0.15) is 0 Å². The van der Waals surface area contributed by atoms with Crippen LogP contribution in [0, 0.1) is 6.07 Å². The van der Waals surface area contributed by atoms with Crippen molar-refractivity contribution in [2.24, 2.45) is 0 Å². The van der Waals surface area contributed by atoms with E-state index in [1.54, 1.807) is 24.3 Å². The second-order valence-corrected chi connectivity index (χ2v) is 1.78. The van der Waals surface area contributed by atoms with Crippen LogP contribution in [0.1, 0.15) is 10.4 Å². The van der Waals surface area contributed by atoms with Gasteiger partial charge < -0.3 is 4.74 Å². The van der Waals surface area contributed by atoms with Crippen LogP contribution in [0.4, 0.5) is 0 Å². The molecule has 0 aromatic heterocycles. The zero-order valence-electron chi connectivity index (χ0n) is 6.71. The van der Waals surface area contributed by atoms with E-state index in [0.717, 1.165) is 0 Å². The van der Waals surface area contributed by atoms with Gasteiger partial charge in [0, 0.05) is 0 Å². The summed E-state index contributed by atoms with van der Waals surface area (Å²) in [6, 6.07) is 9.52. The van der Waals surface area contributed by atoms with E-state index in [1.807, 2.05) is 0 Å². The van der Waals surface area contributed by atoms with Crippen molar-refractivity contribution >= 4 is 19.6 Å². The Morgan fingerprint density at radius 3 is 2.75 bits per heavy atom. The zero-order valence-corrected chi connectivity index (χ0v) is 11.3. The van der Waals surface area contributed by atoms with E-state index >= 15 is 0 Å². The summed E-state index contributed by atoms with van der Waals surface area (Å²) in [6.45, 7) is 0. The molecule has 2 nitrogen and oxygen atoms in total. The summed E-state index contributed by atoms with van der Waals surface area (Å²) in [7, 11) is 1.36. The summed E-state index contributed by atoms with van der Waals surface area (Å²) < 4.78 is 4.48. The minimum absolute atomic E-state index is 0.322. The second-order valence-electron chi connectivity index (χ2n) is 1.78. The summed E-state index contributed by atoms with van der Waals surface area (Å²) in [5.74, 6) is -0.322. The standard InChI is InChI=1S/C8H7O2.BrH.Zn/c1-10-8(9)7-5-3-2-4-6-7;;/h2-3,5-6H,1H3;1H;/q-1;;+2/p-1. The molecule has 1 rings (SSSR count). The van der Waals surface area contributed by atoms with Crippen LogP contribution in [0.25, 0.3) is 0 Å². The molecule has 0 spiro atoms. The van der Waals surface area contributed by atoms with Crippen LogP contribution in [-0.2, 0) is 21.1 Å². The molecule has 0 fully saturated rings. The number of hydrogen-bond donors (Lipinski definition) is 0. The van der Waals surface area contributed by atoms with Crippen LogP contribution >= 0.6 is 13.6 Å². The Labute approximate surface area is 88.3 Å². The van der Waals surface area contributed by atoms with Crippen LogP contribution in [0.2, 0.25) is 0 Å². The molecule has 60 valence electrons. The first-order chi connectivity index (χ1) is 5.84. The molecule has 0 unspecified atom stereocenters. The first-order valence-electron chi connectivity index (χ1n) is 3.16. The van der Waals surface area contributed by atoms with Gasteiger partial charge in [-0.05, 0) is 0 Å². The van der Waals surface area contributed by atoms with E-state index in [2.05, 4.69) is 24.4 Å². The summed E-state index contributed by atoms with van der Waals surface area (Å²) in [5, 5.41) is 0. The average Bonchev–Trinajstić information content (AvgIpc) is 2.21. The number of carbonyl (C=O) groups is 1. The maximum atomic E-state index is 10.8. The zero-order chi connectivity index (χ0) is 9.40. The number of hydrogen-bond acceptors (Lipinski definition) is 2. The van der Waals surface area contributed by atoms with Gasteiger partial charge in [-0.2, -0.15) is 30.3 Å². The molecule has 0 N–H and O–H groups in total. The summed E-state index contributed by atoms with van der Waals surface area (Å²) in [6.07, 6.45) is 0. The van der Waals surface area contributed by atoms with Crippen molar-refractivity contribution in [2.45, 2.75) is 0 Å². The van der Waals surface area contributed by atoms with Crippen molar-refractivity contribution < 1.29 is 25.9 Å². The van der Waals surface area contributed by atoms with Gasteiger partial charge >= 0.3 is 30.0 Å². The van der Waals surface area contributed by atoms with Gasteiger partial charge in [0.05, 0.1) is 7.11 Å². The second kappa shape index (κ2) is 7.44. The number of halogens is 1. The third-order valence-electron chi connectivity index (χ3n) is 1.13. The Kier molecular flexibility index (Phi) is 7.31. The Morgan fingerprint density at radius 2 is 2.33 bits per heavy atom. The molecule has 12 heavy (non-hydrogen) atoms. The summed E-state index contributed by atoms with van der Waals surface area (Å²) in [4.78, 5) is 10.8. The number of methoxy groups -OCH3 is 1. The Balaban J connectivity index is 0.000000561. The molecule has 4 heteroatoms. The third kappa shape index (κ3) is 3.98. The van der Waals surface area contributed by atoms with Crippen LogP contribution in [0.15, 0.2) is 24.3 Å². The van der Waals surface area contributed by atoms with Crippen molar-refractivity contribution in [3.63, 3.8) is 0 Å². The van der Waals surface area contributed by atoms with E-state index < -0.39 is 0 Å². The number of carbonyl (C=O) groups excluding carboxylic acids is 1. The number of benzene rings is 1. The van der Waals surface area contributed by atoms with E-state index in [4.69, 9.17) is 0 Å². The van der Waals surface area contributed by atoms with Gasteiger partial charge in [0.25, 0.3) is 5.97 Å². The topological polar surface area (TPSA) is 26.3 Å². The number of ether oxygens (including phenoxy) is 1. The van der Waals surface area contributed by atoms with Gasteiger partial charge in [-0.25, -0.2) is 0 Å². The van der Waals surface area contributed by atoms with Crippen molar-refractivity contribution in [3.05, 3.63) is 35.9 Å². The molecule has 0 aliphatic heterocycles. The Hall–Kier alpha value is -0.207. The monoisotopic (exact) mass is 278 g/mol. The minimum atomic E-state index is -0.322. The van der Waals surface area contributed by atoms with E-state index in [1.165, 1.54) is 23.5 Å². The normalized spacial score (nSPS) is 8.00. The average molecular weight is 280 g/mol. The molecule has 0 aliphatic rings. The third-order valence-corrected chi connectivity index (χ3v) is 1.13. The Bertz CT molecular complexity index is 226. The SMILES string of the molecule is COC(=O)c1c[c-]ccc1.[Zn+][Br]. The predicted octanol–water partition coefficient (Wildman–Crippen LogP) is 2.12. The molecule has 0 bridgehead atoms. The quantitative estimate of drug-likeness (QED) is 0.447. The molecule has 0 radical (unpaired) electrons. The van der Waals surface area contributed by atoms with E-state index in [9.17, 15) is 4.79 Å². The molecule has 0 saturated carbocycles. The number of rotatable bonds is 1. The molecule has 0 saturated heterocycles. The van der Waals surface area contributed by atoms with Crippen LogP contribution < -0.4 is 0 Å². The van der Waals surface area contributed by atoms with Crippen LogP contribution in [-0.4, -0.2) is 13.1 Å². The van der Waals surface area contributed by atoms with Gasteiger partial charge in [0.2, 0.25) is 0 Å². The van der Waals surface area contributed by atoms with E-state index in [-0.39, 0.29) is 5.97 Å². The Morgan fingerprint density at radius 1 is 1.67 bits per heavy atom. The van der Waals surface area contributed by atoms with Gasteiger partial charge in [-0.3, -0.25) is 4.79 Å². The molecule has 0 atom stereocenters. The molecule has 0 aliphatic carbocycles. The van der Waals surface area contributed by atoms with Crippen molar-refractivity contribution in [3.8, 4) is 0 Å². The van der Waals surface area contributed by atoms with Crippen LogP contribution in [0.5, 0.6) is 0 Å². The summed E-state index contributed by atoms with van der Waals surface area (Å²) in [5.41, 5.74) is 0.532. The maximum absolute atomic E-state index is 10.8. The van der Waals surface area contributed by atoms with Crippen LogP contribution in [0.3, 0.4) is 0 Å². The fourth-order valence-electron chi connectivity index (χ4n) is 0.638. The summed E-state index contributed by atoms with van der Waals surface area (Å²) >= 11 is 4.25. The molecular weight excluding hydrogens is 273 g/mol. The molecule has 1 aromatic carbocycles. The van der Waals surface area contributed by atoms with E-state index in [0.29, 0.717) is 5.56 Å². The first-order valence-corrected chi connectivity index (χ1v) is 10.1. The van der Waals surface area contributed by atoms with Gasteiger partial charge in [-0.1, -0.05) is 5.56 Å². The van der Waals surface area contributed by atoms with Gasteiger partial charge in [-0.15, -0.1) is 0 Å². The predicted molar refractivity (Wildman–Crippen MR) is 45.5 cm³/mol. The molecular formula is C8H7BrO2Zn. The van der Waals surface area contributed by atoms with Crippen molar-refractivity contribution in [1.29, 1.82) is 0 Å². The molecule has 1 aromatic rings. The fraction of sp³-hybridized carbons (Fsp3) is 0.125. The molecule has 0 heterocycles. The van der Waals surface area contributed by atoms with Crippen molar-refractivity contribution in [1.82, 2.24) is 0 Å². The van der Waals surface area contributed by atoms with Crippen molar-refractivity contribution in [2.75, 3.05) is 7.11 Å².